The van der Waals surface area contributed by atoms with Gasteiger partial charge in [0.25, 0.3) is 0 Å². The van der Waals surface area contributed by atoms with Crippen molar-refractivity contribution in [2.75, 3.05) is 37.3 Å². The van der Waals surface area contributed by atoms with Gasteiger partial charge in [-0.2, -0.15) is 5.26 Å². The van der Waals surface area contributed by atoms with Gasteiger partial charge < -0.3 is 15.5 Å². The summed E-state index contributed by atoms with van der Waals surface area (Å²) in [4.78, 5) is 6.06. The topological polar surface area (TPSA) is 97.6 Å². The molecule has 7 nitrogen and oxygen atoms in total. The first kappa shape index (κ1) is 25.9. The zero-order chi connectivity index (χ0) is 22.3. The molecule has 2 aromatic carbocycles. The number of hydrogen-bond acceptors (Lipinski definition) is 5. The second-order valence-electron chi connectivity index (χ2n) is 7.31. The number of nitrogens with zero attached hydrogens (tertiary/aromatic N) is 3. The molecule has 1 saturated heterocycles. The number of nitrogens with one attached hydrogen (secondary N) is 2. The highest BCUT2D eigenvalue weighted by molar-refractivity contribution is 14.0. The molecular formula is C22H27FIN5O2S. The average molecular weight is 571 g/mol. The largest absolute Gasteiger partial charge is 0.368 e. The molecule has 1 heterocycles. The van der Waals surface area contributed by atoms with Gasteiger partial charge in [-0.1, -0.05) is 24.3 Å². The SMILES string of the molecule is CN=C(NCCS(=O)(=O)c1ccccc1F)NC1CCCN(c2ccccc2C#N)C1.I. The summed E-state index contributed by atoms with van der Waals surface area (Å²) in [6.07, 6.45) is 1.88. The molecule has 3 rings (SSSR count). The van der Waals surface area contributed by atoms with Crippen molar-refractivity contribution in [3.8, 4) is 6.07 Å². The van der Waals surface area contributed by atoms with Crippen LogP contribution in [0.1, 0.15) is 18.4 Å². The monoisotopic (exact) mass is 571 g/mol. The molecule has 0 bridgehead atoms. The molecule has 0 spiro atoms. The lowest BCUT2D eigenvalue weighted by Crippen LogP contribution is -2.51. The number of para-hydroxylation sites is 1. The third kappa shape index (κ3) is 6.56. The van der Waals surface area contributed by atoms with Crippen molar-refractivity contribution in [2.45, 2.75) is 23.8 Å². The molecule has 0 aromatic heterocycles. The smallest absolute Gasteiger partial charge is 0.191 e. The molecule has 1 aliphatic heterocycles. The van der Waals surface area contributed by atoms with E-state index in [4.69, 9.17) is 0 Å². The highest BCUT2D eigenvalue weighted by atomic mass is 127. The van der Waals surface area contributed by atoms with E-state index in [9.17, 15) is 18.1 Å². The summed E-state index contributed by atoms with van der Waals surface area (Å²) >= 11 is 0. The third-order valence-corrected chi connectivity index (χ3v) is 6.93. The van der Waals surface area contributed by atoms with Crippen LogP contribution in [-0.4, -0.2) is 52.9 Å². The van der Waals surface area contributed by atoms with Crippen LogP contribution in [0.25, 0.3) is 0 Å². The zero-order valence-corrected chi connectivity index (χ0v) is 20.9. The molecule has 0 radical (unpaired) electrons. The first-order valence-electron chi connectivity index (χ1n) is 10.1. The third-order valence-electron chi connectivity index (χ3n) is 5.19. The highest BCUT2D eigenvalue weighted by Gasteiger charge is 2.23. The highest BCUT2D eigenvalue weighted by Crippen LogP contribution is 2.23. The second-order valence-corrected chi connectivity index (χ2v) is 9.38. The number of rotatable bonds is 6. The van der Waals surface area contributed by atoms with E-state index in [1.165, 1.54) is 18.2 Å². The maximum Gasteiger partial charge on any atom is 0.191 e. The summed E-state index contributed by atoms with van der Waals surface area (Å²) in [6.45, 7) is 1.67. The molecular weight excluding hydrogens is 544 g/mol. The normalized spacial score (nSPS) is 16.6. The van der Waals surface area contributed by atoms with E-state index < -0.39 is 15.7 Å². The number of halogens is 2. The lowest BCUT2D eigenvalue weighted by Gasteiger charge is -2.35. The fraction of sp³-hybridized carbons (Fsp3) is 0.364. The quantitative estimate of drug-likeness (QED) is 0.315. The fourth-order valence-electron chi connectivity index (χ4n) is 3.66. The number of nitriles is 1. The molecule has 10 heteroatoms. The van der Waals surface area contributed by atoms with Gasteiger partial charge in [0, 0.05) is 32.7 Å². The van der Waals surface area contributed by atoms with E-state index in [0.29, 0.717) is 18.1 Å². The van der Waals surface area contributed by atoms with Crippen LogP contribution in [-0.2, 0) is 9.84 Å². The van der Waals surface area contributed by atoms with Crippen LogP contribution >= 0.6 is 24.0 Å². The van der Waals surface area contributed by atoms with E-state index in [2.05, 4.69) is 26.6 Å². The lowest BCUT2D eigenvalue weighted by molar-refractivity contribution is 0.468. The molecule has 1 fully saturated rings. The number of guanidine groups is 1. The van der Waals surface area contributed by atoms with E-state index in [1.807, 2.05) is 24.3 Å². The van der Waals surface area contributed by atoms with Crippen molar-refractivity contribution in [2.24, 2.45) is 4.99 Å². The van der Waals surface area contributed by atoms with Crippen molar-refractivity contribution < 1.29 is 12.8 Å². The molecule has 0 aliphatic carbocycles. The van der Waals surface area contributed by atoms with Gasteiger partial charge in [-0.05, 0) is 37.1 Å². The van der Waals surface area contributed by atoms with Crippen molar-refractivity contribution >= 4 is 45.5 Å². The van der Waals surface area contributed by atoms with Gasteiger partial charge >= 0.3 is 0 Å². The molecule has 1 aliphatic rings. The predicted molar refractivity (Wildman–Crippen MR) is 135 cm³/mol. The van der Waals surface area contributed by atoms with Crippen molar-refractivity contribution in [1.29, 1.82) is 5.26 Å². The Hall–Kier alpha value is -2.39. The Morgan fingerprint density at radius 1 is 1.25 bits per heavy atom. The second kappa shape index (κ2) is 12.0. The van der Waals surface area contributed by atoms with Gasteiger partial charge in [0.15, 0.2) is 15.8 Å². The van der Waals surface area contributed by atoms with Crippen LogP contribution in [0, 0.1) is 17.1 Å². The van der Waals surface area contributed by atoms with Crippen LogP contribution in [0.15, 0.2) is 58.4 Å². The first-order valence-corrected chi connectivity index (χ1v) is 11.8. The maximum absolute atomic E-state index is 13.8. The van der Waals surface area contributed by atoms with Crippen LogP contribution in [0.2, 0.25) is 0 Å². The molecule has 2 N–H and O–H groups in total. The molecule has 2 aromatic rings. The summed E-state index contributed by atoms with van der Waals surface area (Å²) in [5, 5.41) is 15.7. The lowest BCUT2D eigenvalue weighted by atomic mass is 10.0. The molecule has 0 saturated carbocycles. The minimum absolute atomic E-state index is 0. The molecule has 1 unspecified atom stereocenters. The Bertz CT molecular complexity index is 1090. The molecule has 1 atom stereocenters. The van der Waals surface area contributed by atoms with E-state index in [0.717, 1.165) is 31.1 Å². The summed E-state index contributed by atoms with van der Waals surface area (Å²) in [5.74, 6) is -0.504. The van der Waals surface area contributed by atoms with Crippen LogP contribution in [0.3, 0.4) is 0 Å². The summed E-state index contributed by atoms with van der Waals surface area (Å²) in [5.41, 5.74) is 1.56. The zero-order valence-electron chi connectivity index (χ0n) is 17.8. The van der Waals surface area contributed by atoms with E-state index >= 15 is 0 Å². The van der Waals surface area contributed by atoms with Gasteiger partial charge in [-0.3, -0.25) is 4.99 Å². The Kier molecular flexibility index (Phi) is 9.71. The van der Waals surface area contributed by atoms with Crippen molar-refractivity contribution in [1.82, 2.24) is 10.6 Å². The molecule has 172 valence electrons. The predicted octanol–water partition coefficient (Wildman–Crippen LogP) is 2.92. The Morgan fingerprint density at radius 2 is 1.97 bits per heavy atom. The maximum atomic E-state index is 13.8. The number of aliphatic imine (C=N–C) groups is 1. The van der Waals surface area contributed by atoms with Crippen LogP contribution in [0.4, 0.5) is 10.1 Å². The van der Waals surface area contributed by atoms with Crippen molar-refractivity contribution in [3.63, 3.8) is 0 Å². The molecule has 0 amide bonds. The van der Waals surface area contributed by atoms with Gasteiger partial charge in [-0.25, -0.2) is 12.8 Å². The van der Waals surface area contributed by atoms with Gasteiger partial charge in [0.2, 0.25) is 0 Å². The number of anilines is 1. The van der Waals surface area contributed by atoms with Gasteiger partial charge in [0.05, 0.1) is 17.0 Å². The number of benzene rings is 2. The van der Waals surface area contributed by atoms with Crippen molar-refractivity contribution in [3.05, 3.63) is 59.9 Å². The minimum atomic E-state index is -3.74. The van der Waals surface area contributed by atoms with Crippen LogP contribution in [0.5, 0.6) is 0 Å². The summed E-state index contributed by atoms with van der Waals surface area (Å²) in [7, 11) is -2.12. The molecule has 32 heavy (non-hydrogen) atoms. The standard InChI is InChI=1S/C22H26FN5O2S.HI/c1-25-22(26-12-14-31(29,30)21-11-5-3-9-19(21)23)27-18-8-6-13-28(16-18)20-10-4-2-7-17(20)15-24;/h2-5,7,9-11,18H,6,8,12-14,16H2,1H3,(H2,25,26,27);1H. The van der Waals surface area contributed by atoms with Gasteiger partial charge in [0.1, 0.15) is 16.8 Å². The fourth-order valence-corrected chi connectivity index (χ4v) is 4.90. The first-order chi connectivity index (χ1) is 14.9. The Labute approximate surface area is 205 Å². The van der Waals surface area contributed by atoms with Crippen LogP contribution < -0.4 is 15.5 Å². The average Bonchev–Trinajstić information content (AvgIpc) is 2.78. The number of piperidine rings is 1. The Balaban J connectivity index is 0.00000363. The summed E-state index contributed by atoms with van der Waals surface area (Å²) in [6, 6.07) is 15.2. The minimum Gasteiger partial charge on any atom is -0.368 e. The van der Waals surface area contributed by atoms with E-state index in [-0.39, 0.29) is 47.2 Å². The van der Waals surface area contributed by atoms with E-state index in [1.54, 1.807) is 7.05 Å². The summed E-state index contributed by atoms with van der Waals surface area (Å²) < 4.78 is 38.6. The number of hydrogen-bond donors (Lipinski definition) is 2. The van der Waals surface area contributed by atoms with Gasteiger partial charge in [-0.15, -0.1) is 24.0 Å². The Morgan fingerprint density at radius 3 is 2.69 bits per heavy atom. The number of sulfone groups is 1.